The molecular formula is C8H12N2. The van der Waals surface area contributed by atoms with Crippen LogP contribution in [0.3, 0.4) is 0 Å². The summed E-state index contributed by atoms with van der Waals surface area (Å²) in [5.41, 5.74) is 0. The lowest BCUT2D eigenvalue weighted by Crippen LogP contribution is -2.26. The van der Waals surface area contributed by atoms with E-state index in [1.54, 1.807) is 0 Å². The van der Waals surface area contributed by atoms with E-state index in [1.165, 1.54) is 0 Å². The highest BCUT2D eigenvalue weighted by Crippen LogP contribution is 1.86. The number of terminal acetylenes is 1. The van der Waals surface area contributed by atoms with Gasteiger partial charge in [0, 0.05) is 19.0 Å². The third-order valence-corrected chi connectivity index (χ3v) is 1.16. The molecule has 0 aliphatic carbocycles. The molecule has 0 aliphatic rings. The molecule has 0 spiro atoms. The van der Waals surface area contributed by atoms with Crippen LogP contribution in [0.1, 0.15) is 19.8 Å². The lowest BCUT2D eigenvalue weighted by Gasteiger charge is -2.06. The second-order valence-electron chi connectivity index (χ2n) is 2.17. The Hall–Kier alpha value is -0.990. The maximum Gasteiger partial charge on any atom is 0.0638 e. The molecule has 0 fully saturated rings. The molecule has 10 heavy (non-hydrogen) atoms. The van der Waals surface area contributed by atoms with Gasteiger partial charge in [0.1, 0.15) is 0 Å². The molecule has 0 aliphatic heterocycles. The van der Waals surface area contributed by atoms with E-state index in [4.69, 9.17) is 11.7 Å². The van der Waals surface area contributed by atoms with E-state index in [9.17, 15) is 0 Å². The lowest BCUT2D eigenvalue weighted by molar-refractivity contribution is 0.566. The molecule has 1 N–H and O–H groups in total. The molecule has 0 saturated carbocycles. The molecule has 2 heteroatoms. The molecule has 0 heterocycles. The van der Waals surface area contributed by atoms with Gasteiger partial charge in [0.15, 0.2) is 0 Å². The molecule has 0 aromatic carbocycles. The minimum atomic E-state index is 0.262. The molecule has 0 radical (unpaired) electrons. The zero-order valence-electron chi connectivity index (χ0n) is 6.22. The van der Waals surface area contributed by atoms with Crippen LogP contribution in [-0.4, -0.2) is 12.6 Å². The van der Waals surface area contributed by atoms with E-state index in [0.717, 1.165) is 13.0 Å². The van der Waals surface area contributed by atoms with E-state index < -0.39 is 0 Å². The van der Waals surface area contributed by atoms with Crippen molar-refractivity contribution in [3.8, 4) is 18.4 Å². The summed E-state index contributed by atoms with van der Waals surface area (Å²) in [6, 6.07) is 2.34. The van der Waals surface area contributed by atoms with Crippen LogP contribution >= 0.6 is 0 Å². The molecule has 54 valence electrons. The first-order chi connectivity index (χ1) is 4.81. The molecule has 0 amide bonds. The Bertz CT molecular complexity index is 150. The molecule has 1 atom stereocenters. The predicted molar refractivity (Wildman–Crippen MR) is 41.1 cm³/mol. The monoisotopic (exact) mass is 136 g/mol. The summed E-state index contributed by atoms with van der Waals surface area (Å²) in [5, 5.41) is 11.4. The fourth-order valence-corrected chi connectivity index (χ4v) is 0.600. The zero-order chi connectivity index (χ0) is 7.82. The van der Waals surface area contributed by atoms with Gasteiger partial charge in [0.05, 0.1) is 12.5 Å². The normalized spacial score (nSPS) is 11.5. The Kier molecular flexibility index (Phi) is 5.53. The number of rotatable bonds is 4. The maximum absolute atomic E-state index is 8.26. The quantitative estimate of drug-likeness (QED) is 0.460. The minimum absolute atomic E-state index is 0.262. The fourth-order valence-electron chi connectivity index (χ4n) is 0.600. The van der Waals surface area contributed by atoms with Crippen LogP contribution in [0, 0.1) is 23.7 Å². The standard InChI is InChI=1S/C8H12N2/c1-3-4-7-10-8(2)5-6-9/h1,8,10H,4-5,7H2,2H3. The molecular weight excluding hydrogens is 124 g/mol. The van der Waals surface area contributed by atoms with Gasteiger partial charge in [-0.15, -0.1) is 12.3 Å². The predicted octanol–water partition coefficient (Wildman–Crippen LogP) is 0.901. The minimum Gasteiger partial charge on any atom is -0.312 e. The highest BCUT2D eigenvalue weighted by atomic mass is 14.9. The third kappa shape index (κ3) is 5.15. The van der Waals surface area contributed by atoms with E-state index in [2.05, 4.69) is 17.3 Å². The van der Waals surface area contributed by atoms with E-state index in [1.807, 2.05) is 6.92 Å². The Morgan fingerprint density at radius 3 is 2.90 bits per heavy atom. The fraction of sp³-hybridized carbons (Fsp3) is 0.625. The summed E-state index contributed by atoms with van der Waals surface area (Å²) in [6.07, 6.45) is 6.31. The molecule has 0 rings (SSSR count). The first-order valence-electron chi connectivity index (χ1n) is 3.35. The summed E-state index contributed by atoms with van der Waals surface area (Å²) in [7, 11) is 0. The summed E-state index contributed by atoms with van der Waals surface area (Å²) in [5.74, 6) is 2.52. The second-order valence-corrected chi connectivity index (χ2v) is 2.17. The van der Waals surface area contributed by atoms with Crippen molar-refractivity contribution in [1.82, 2.24) is 5.32 Å². The Morgan fingerprint density at radius 1 is 1.70 bits per heavy atom. The SMILES string of the molecule is C#CCCNC(C)CC#N. The van der Waals surface area contributed by atoms with Crippen molar-refractivity contribution >= 4 is 0 Å². The van der Waals surface area contributed by atoms with Gasteiger partial charge >= 0.3 is 0 Å². The van der Waals surface area contributed by atoms with Crippen molar-refractivity contribution in [3.63, 3.8) is 0 Å². The number of nitrogens with one attached hydrogen (secondary N) is 1. The van der Waals surface area contributed by atoms with Crippen LogP contribution in [0.25, 0.3) is 0 Å². The number of hydrogen-bond acceptors (Lipinski definition) is 2. The van der Waals surface area contributed by atoms with Gasteiger partial charge < -0.3 is 5.32 Å². The molecule has 1 unspecified atom stereocenters. The molecule has 0 bridgehead atoms. The summed E-state index contributed by atoms with van der Waals surface area (Å²) in [6.45, 7) is 2.78. The van der Waals surface area contributed by atoms with Gasteiger partial charge in [-0.3, -0.25) is 0 Å². The van der Waals surface area contributed by atoms with Gasteiger partial charge in [-0.05, 0) is 6.92 Å². The van der Waals surface area contributed by atoms with Crippen molar-refractivity contribution in [1.29, 1.82) is 5.26 Å². The third-order valence-electron chi connectivity index (χ3n) is 1.16. The van der Waals surface area contributed by atoms with Gasteiger partial charge in [0.25, 0.3) is 0 Å². The van der Waals surface area contributed by atoms with Gasteiger partial charge in [-0.1, -0.05) is 0 Å². The first-order valence-corrected chi connectivity index (χ1v) is 3.35. The van der Waals surface area contributed by atoms with Crippen LogP contribution in [-0.2, 0) is 0 Å². The Balaban J connectivity index is 3.16. The lowest BCUT2D eigenvalue weighted by atomic mass is 10.2. The largest absolute Gasteiger partial charge is 0.312 e. The van der Waals surface area contributed by atoms with Crippen LogP contribution in [0.15, 0.2) is 0 Å². The number of nitriles is 1. The smallest absolute Gasteiger partial charge is 0.0638 e. The average molecular weight is 136 g/mol. The molecule has 0 aromatic rings. The average Bonchev–Trinajstić information content (AvgIpc) is 1.89. The number of hydrogen-bond donors (Lipinski definition) is 1. The summed E-state index contributed by atoms with van der Waals surface area (Å²) in [4.78, 5) is 0. The van der Waals surface area contributed by atoms with Crippen molar-refractivity contribution < 1.29 is 0 Å². The molecule has 0 saturated heterocycles. The van der Waals surface area contributed by atoms with Crippen molar-refractivity contribution in [2.75, 3.05) is 6.54 Å². The van der Waals surface area contributed by atoms with Gasteiger partial charge in [-0.25, -0.2) is 0 Å². The zero-order valence-corrected chi connectivity index (χ0v) is 6.22. The van der Waals surface area contributed by atoms with Crippen LogP contribution in [0.2, 0.25) is 0 Å². The van der Waals surface area contributed by atoms with E-state index >= 15 is 0 Å². The van der Waals surface area contributed by atoms with E-state index in [-0.39, 0.29) is 6.04 Å². The van der Waals surface area contributed by atoms with Crippen molar-refractivity contribution in [2.45, 2.75) is 25.8 Å². The van der Waals surface area contributed by atoms with E-state index in [0.29, 0.717) is 6.42 Å². The van der Waals surface area contributed by atoms with Gasteiger partial charge in [-0.2, -0.15) is 5.26 Å². The second kappa shape index (κ2) is 6.13. The highest BCUT2D eigenvalue weighted by Gasteiger charge is 1.96. The molecule has 0 aromatic heterocycles. The highest BCUT2D eigenvalue weighted by molar-refractivity contribution is 4.85. The Morgan fingerprint density at radius 2 is 2.40 bits per heavy atom. The molecule has 2 nitrogen and oxygen atoms in total. The van der Waals surface area contributed by atoms with Crippen molar-refractivity contribution in [3.05, 3.63) is 0 Å². The van der Waals surface area contributed by atoms with Crippen LogP contribution < -0.4 is 5.32 Å². The van der Waals surface area contributed by atoms with Crippen molar-refractivity contribution in [2.24, 2.45) is 0 Å². The van der Waals surface area contributed by atoms with Crippen LogP contribution in [0.4, 0.5) is 0 Å². The summed E-state index contributed by atoms with van der Waals surface area (Å²) < 4.78 is 0. The topological polar surface area (TPSA) is 35.8 Å². The maximum atomic E-state index is 8.26. The van der Waals surface area contributed by atoms with Gasteiger partial charge in [0.2, 0.25) is 0 Å². The first kappa shape index (κ1) is 9.01. The van der Waals surface area contributed by atoms with Crippen LogP contribution in [0.5, 0.6) is 0 Å². The summed E-state index contributed by atoms with van der Waals surface area (Å²) >= 11 is 0. The number of nitrogens with zero attached hydrogens (tertiary/aromatic N) is 1. The Labute approximate surface area is 62.2 Å².